The predicted octanol–water partition coefficient (Wildman–Crippen LogP) is -0.00213. The predicted molar refractivity (Wildman–Crippen MR) is 73.6 cm³/mol. The molecule has 19 heavy (non-hydrogen) atoms. The van der Waals surface area contributed by atoms with Crippen LogP contribution in [0.3, 0.4) is 0 Å². The van der Waals surface area contributed by atoms with Crippen LogP contribution in [-0.4, -0.2) is 39.1 Å². The van der Waals surface area contributed by atoms with E-state index in [1.54, 1.807) is 0 Å². The summed E-state index contributed by atoms with van der Waals surface area (Å²) in [6.45, 7) is 0. The van der Waals surface area contributed by atoms with Gasteiger partial charge >= 0.3 is 0 Å². The summed E-state index contributed by atoms with van der Waals surface area (Å²) in [5, 5.41) is 6.84. The molecule has 1 saturated carbocycles. The zero-order valence-corrected chi connectivity index (χ0v) is 11.3. The Kier molecular flexibility index (Phi) is 4.08. The van der Waals surface area contributed by atoms with Crippen molar-refractivity contribution in [3.05, 3.63) is 0 Å². The minimum atomic E-state index is -0.566. The molecule has 0 aromatic heterocycles. The minimum absolute atomic E-state index is 0.0443. The quantitative estimate of drug-likeness (QED) is 0.373. The van der Waals surface area contributed by atoms with Crippen LogP contribution in [0.15, 0.2) is 4.99 Å². The van der Waals surface area contributed by atoms with E-state index >= 15 is 0 Å². The monoisotopic (exact) mass is 283 g/mol. The first-order valence-corrected chi connectivity index (χ1v) is 7.07. The van der Waals surface area contributed by atoms with Crippen LogP contribution >= 0.6 is 11.8 Å². The number of guanidine groups is 1. The van der Waals surface area contributed by atoms with E-state index in [-0.39, 0.29) is 35.4 Å². The first kappa shape index (κ1) is 13.9. The van der Waals surface area contributed by atoms with Crippen LogP contribution in [0.1, 0.15) is 32.1 Å². The van der Waals surface area contributed by atoms with Crippen molar-refractivity contribution in [2.75, 3.05) is 0 Å². The molecular formula is C11H17N5O2S. The highest BCUT2D eigenvalue weighted by Gasteiger charge is 2.43. The normalized spacial score (nSPS) is 24.0. The van der Waals surface area contributed by atoms with Crippen molar-refractivity contribution in [2.24, 2.45) is 16.5 Å². The largest absolute Gasteiger partial charge is 0.370 e. The van der Waals surface area contributed by atoms with Gasteiger partial charge in [0.25, 0.3) is 0 Å². The Hall–Kier alpha value is -1.57. The lowest BCUT2D eigenvalue weighted by molar-refractivity contribution is -0.140. The fourth-order valence-corrected chi connectivity index (χ4v) is 3.41. The first-order chi connectivity index (χ1) is 8.99. The molecular weight excluding hydrogens is 266 g/mol. The fourth-order valence-electron chi connectivity index (χ4n) is 2.54. The molecule has 0 aromatic rings. The number of imide groups is 1. The van der Waals surface area contributed by atoms with Crippen LogP contribution in [0.5, 0.6) is 0 Å². The molecule has 1 heterocycles. The minimum Gasteiger partial charge on any atom is -0.370 e. The van der Waals surface area contributed by atoms with Crippen LogP contribution in [0.2, 0.25) is 0 Å². The van der Waals surface area contributed by atoms with Gasteiger partial charge in [-0.1, -0.05) is 24.6 Å². The van der Waals surface area contributed by atoms with Crippen molar-refractivity contribution >= 4 is 34.7 Å². The van der Waals surface area contributed by atoms with E-state index in [1.165, 1.54) is 4.90 Å². The number of amides is 2. The van der Waals surface area contributed by atoms with E-state index in [0.29, 0.717) is 0 Å². The number of hydrogen-bond donors (Lipinski definition) is 3. The summed E-state index contributed by atoms with van der Waals surface area (Å²) in [7, 11) is 0. The van der Waals surface area contributed by atoms with E-state index in [0.717, 1.165) is 37.4 Å². The maximum absolute atomic E-state index is 12.2. The molecule has 0 aromatic carbocycles. The Balaban J connectivity index is 2.01. The third-order valence-electron chi connectivity index (χ3n) is 3.32. The number of nitrogens with one attached hydrogen (secondary N) is 1. The summed E-state index contributed by atoms with van der Waals surface area (Å²) < 4.78 is 0. The molecule has 0 bridgehead atoms. The molecule has 1 aliphatic heterocycles. The van der Waals surface area contributed by atoms with Crippen molar-refractivity contribution in [2.45, 2.75) is 43.4 Å². The van der Waals surface area contributed by atoms with Crippen LogP contribution < -0.4 is 11.5 Å². The third kappa shape index (κ3) is 3.06. The summed E-state index contributed by atoms with van der Waals surface area (Å²) in [4.78, 5) is 29.1. The number of amidine groups is 1. The Morgan fingerprint density at radius 3 is 2.53 bits per heavy atom. The number of nitrogens with zero attached hydrogens (tertiary/aromatic N) is 2. The second kappa shape index (κ2) is 5.60. The molecule has 1 unspecified atom stereocenters. The Bertz CT molecular complexity index is 440. The number of thioether (sulfide) groups is 1. The Labute approximate surface area is 115 Å². The maximum Gasteiger partial charge on any atom is 0.243 e. The topological polar surface area (TPSA) is 126 Å². The van der Waals surface area contributed by atoms with Crippen molar-refractivity contribution in [1.29, 1.82) is 5.41 Å². The molecule has 2 fully saturated rings. The molecule has 0 radical (unpaired) electrons. The van der Waals surface area contributed by atoms with Crippen LogP contribution in [0.25, 0.3) is 0 Å². The molecule has 2 rings (SSSR count). The molecule has 5 N–H and O–H groups in total. The molecule has 2 aliphatic rings. The van der Waals surface area contributed by atoms with E-state index in [9.17, 15) is 9.59 Å². The molecule has 104 valence electrons. The maximum atomic E-state index is 12.2. The lowest BCUT2D eigenvalue weighted by Crippen LogP contribution is -2.39. The van der Waals surface area contributed by atoms with E-state index < -0.39 is 5.25 Å². The molecule has 1 aliphatic carbocycles. The number of carbonyl (C=O) groups is 2. The number of nitrogens with two attached hydrogens (primary N) is 2. The molecule has 2 amide bonds. The average molecular weight is 283 g/mol. The van der Waals surface area contributed by atoms with Crippen molar-refractivity contribution < 1.29 is 9.59 Å². The summed E-state index contributed by atoms with van der Waals surface area (Å²) >= 11 is 0.934. The second-order valence-electron chi connectivity index (χ2n) is 4.69. The number of rotatable bonds is 2. The Morgan fingerprint density at radius 1 is 1.32 bits per heavy atom. The number of hydrogen-bond acceptors (Lipinski definition) is 4. The SMILES string of the molecule is N=C(N=C(N)N)SC1CC(=O)N(C2CCCC2)C1=O. The van der Waals surface area contributed by atoms with E-state index in [1.807, 2.05) is 0 Å². The Morgan fingerprint density at radius 2 is 1.95 bits per heavy atom. The van der Waals surface area contributed by atoms with Crippen molar-refractivity contribution in [3.63, 3.8) is 0 Å². The van der Waals surface area contributed by atoms with Gasteiger partial charge in [-0.15, -0.1) is 0 Å². The van der Waals surface area contributed by atoms with Gasteiger partial charge in [-0.3, -0.25) is 19.9 Å². The van der Waals surface area contributed by atoms with Crippen LogP contribution in [0, 0.1) is 5.41 Å². The molecule has 8 heteroatoms. The average Bonchev–Trinajstić information content (AvgIpc) is 2.87. The highest BCUT2D eigenvalue weighted by atomic mass is 32.2. The van der Waals surface area contributed by atoms with E-state index in [4.69, 9.17) is 16.9 Å². The van der Waals surface area contributed by atoms with Gasteiger partial charge in [0, 0.05) is 12.5 Å². The van der Waals surface area contributed by atoms with Crippen molar-refractivity contribution in [3.8, 4) is 0 Å². The van der Waals surface area contributed by atoms with Crippen LogP contribution in [-0.2, 0) is 9.59 Å². The lowest BCUT2D eigenvalue weighted by Gasteiger charge is -2.21. The standard InChI is InChI=1S/C11H17N5O2S/c12-10(13)15-11(14)19-7-5-8(17)16(9(7)18)6-3-1-2-4-6/h6-7H,1-5H2,(H5,12,13,14,15). The first-order valence-electron chi connectivity index (χ1n) is 6.20. The zero-order valence-electron chi connectivity index (χ0n) is 10.5. The third-order valence-corrected chi connectivity index (χ3v) is 4.28. The van der Waals surface area contributed by atoms with Gasteiger partial charge in [0.05, 0.1) is 0 Å². The van der Waals surface area contributed by atoms with Gasteiger partial charge in [0.1, 0.15) is 5.25 Å². The number of likely N-dealkylation sites (tertiary alicyclic amines) is 1. The van der Waals surface area contributed by atoms with Gasteiger partial charge < -0.3 is 11.5 Å². The summed E-state index contributed by atoms with van der Waals surface area (Å²) in [6.07, 6.45) is 4.02. The molecule has 1 atom stereocenters. The van der Waals surface area contributed by atoms with Gasteiger partial charge in [-0.05, 0) is 12.8 Å². The lowest BCUT2D eigenvalue weighted by atomic mass is 10.2. The smallest absolute Gasteiger partial charge is 0.243 e. The van der Waals surface area contributed by atoms with Gasteiger partial charge in [0.2, 0.25) is 11.8 Å². The number of carbonyl (C=O) groups excluding carboxylic acids is 2. The molecule has 1 saturated heterocycles. The second-order valence-corrected chi connectivity index (χ2v) is 5.88. The highest BCUT2D eigenvalue weighted by molar-refractivity contribution is 8.14. The summed E-state index contributed by atoms with van der Waals surface area (Å²) in [5.41, 5.74) is 10.3. The summed E-state index contributed by atoms with van der Waals surface area (Å²) in [6, 6.07) is 0.0443. The van der Waals surface area contributed by atoms with Crippen molar-refractivity contribution in [1.82, 2.24) is 4.90 Å². The highest BCUT2D eigenvalue weighted by Crippen LogP contribution is 2.32. The summed E-state index contributed by atoms with van der Waals surface area (Å²) in [5.74, 6) is -0.578. The fraction of sp³-hybridized carbons (Fsp3) is 0.636. The zero-order chi connectivity index (χ0) is 14.0. The van der Waals surface area contributed by atoms with E-state index in [2.05, 4.69) is 4.99 Å². The van der Waals surface area contributed by atoms with Crippen LogP contribution in [0.4, 0.5) is 0 Å². The number of aliphatic imine (C=N–C) groups is 1. The van der Waals surface area contributed by atoms with Gasteiger partial charge in [0.15, 0.2) is 11.1 Å². The molecule has 7 nitrogen and oxygen atoms in total. The van der Waals surface area contributed by atoms with Gasteiger partial charge in [-0.2, -0.15) is 4.99 Å². The molecule has 0 spiro atoms. The van der Waals surface area contributed by atoms with Gasteiger partial charge in [-0.25, -0.2) is 0 Å².